The van der Waals surface area contributed by atoms with Gasteiger partial charge in [-0.2, -0.15) is 0 Å². The quantitative estimate of drug-likeness (QED) is 0.796. The zero-order valence-electron chi connectivity index (χ0n) is 15.6. The first-order valence-corrected chi connectivity index (χ1v) is 9.02. The number of rotatable bonds is 5. The summed E-state index contributed by atoms with van der Waals surface area (Å²) in [5.74, 6) is 2.14. The summed E-state index contributed by atoms with van der Waals surface area (Å²) >= 11 is 0. The molecule has 1 fully saturated rings. The molecule has 0 bridgehead atoms. The Morgan fingerprint density at radius 1 is 1.25 bits per heavy atom. The van der Waals surface area contributed by atoms with E-state index in [2.05, 4.69) is 21.6 Å². The van der Waals surface area contributed by atoms with Gasteiger partial charge in [-0.1, -0.05) is 18.2 Å². The molecule has 7 nitrogen and oxygen atoms in total. The second kappa shape index (κ2) is 9.14. The summed E-state index contributed by atoms with van der Waals surface area (Å²) in [6, 6.07) is 13.5. The van der Waals surface area contributed by atoms with Crippen LogP contribution >= 0.6 is 12.4 Å². The van der Waals surface area contributed by atoms with E-state index >= 15 is 0 Å². The molecule has 150 valence electrons. The lowest BCUT2D eigenvalue weighted by Gasteiger charge is -2.36. The normalized spacial score (nSPS) is 18.2. The minimum Gasteiger partial charge on any atom is -0.496 e. The molecular weight excluding hydrogens is 382 g/mol. The van der Waals surface area contributed by atoms with Crippen molar-refractivity contribution in [2.24, 2.45) is 0 Å². The molecule has 28 heavy (non-hydrogen) atoms. The summed E-state index contributed by atoms with van der Waals surface area (Å²) in [5, 5.41) is 6.36. The number of nitrogens with one attached hydrogen (secondary N) is 2. The van der Waals surface area contributed by atoms with Crippen LogP contribution in [-0.4, -0.2) is 50.9 Å². The SMILES string of the molecule is COc1ccccc1C1CNCCN1CC(=O)Nc1ccc2c(c1)OCO2.Cl. The van der Waals surface area contributed by atoms with Gasteiger partial charge in [0.15, 0.2) is 11.5 Å². The minimum absolute atomic E-state index is 0. The van der Waals surface area contributed by atoms with Crippen LogP contribution in [0, 0.1) is 0 Å². The third-order valence-electron chi connectivity index (χ3n) is 4.86. The van der Waals surface area contributed by atoms with Gasteiger partial charge in [-0.15, -0.1) is 12.4 Å². The van der Waals surface area contributed by atoms with Crippen molar-refractivity contribution in [2.75, 3.05) is 45.4 Å². The van der Waals surface area contributed by atoms with Crippen LogP contribution in [0.1, 0.15) is 11.6 Å². The van der Waals surface area contributed by atoms with Crippen molar-refractivity contribution in [3.63, 3.8) is 0 Å². The molecule has 2 N–H and O–H groups in total. The van der Waals surface area contributed by atoms with Crippen molar-refractivity contribution >= 4 is 24.0 Å². The highest BCUT2D eigenvalue weighted by atomic mass is 35.5. The van der Waals surface area contributed by atoms with Gasteiger partial charge in [-0.25, -0.2) is 0 Å². The zero-order chi connectivity index (χ0) is 18.6. The summed E-state index contributed by atoms with van der Waals surface area (Å²) in [5.41, 5.74) is 1.79. The van der Waals surface area contributed by atoms with Crippen molar-refractivity contribution < 1.29 is 19.0 Å². The zero-order valence-corrected chi connectivity index (χ0v) is 16.5. The van der Waals surface area contributed by atoms with E-state index in [0.29, 0.717) is 23.7 Å². The monoisotopic (exact) mass is 405 g/mol. The Morgan fingerprint density at radius 2 is 2.07 bits per heavy atom. The number of benzene rings is 2. The van der Waals surface area contributed by atoms with Crippen LogP contribution in [0.2, 0.25) is 0 Å². The lowest BCUT2D eigenvalue weighted by atomic mass is 10.0. The Kier molecular flexibility index (Phi) is 6.61. The van der Waals surface area contributed by atoms with E-state index in [0.717, 1.165) is 30.9 Å². The van der Waals surface area contributed by atoms with Gasteiger partial charge in [-0.3, -0.25) is 9.69 Å². The highest BCUT2D eigenvalue weighted by Gasteiger charge is 2.27. The summed E-state index contributed by atoms with van der Waals surface area (Å²) in [6.45, 7) is 2.94. The Bertz CT molecular complexity index is 833. The first kappa shape index (κ1) is 20.3. The molecule has 4 rings (SSSR count). The van der Waals surface area contributed by atoms with Crippen LogP contribution in [0.15, 0.2) is 42.5 Å². The summed E-state index contributed by atoms with van der Waals surface area (Å²) in [4.78, 5) is 14.8. The molecule has 1 unspecified atom stereocenters. The molecule has 1 saturated heterocycles. The molecule has 0 aromatic heterocycles. The van der Waals surface area contributed by atoms with E-state index in [1.165, 1.54) is 0 Å². The van der Waals surface area contributed by atoms with Crippen molar-refractivity contribution in [1.82, 2.24) is 10.2 Å². The molecule has 2 aromatic rings. The van der Waals surface area contributed by atoms with Crippen molar-refractivity contribution in [1.29, 1.82) is 0 Å². The molecule has 0 saturated carbocycles. The van der Waals surface area contributed by atoms with Crippen molar-refractivity contribution in [2.45, 2.75) is 6.04 Å². The van der Waals surface area contributed by atoms with Gasteiger partial charge in [-0.05, 0) is 18.2 Å². The van der Waals surface area contributed by atoms with E-state index in [1.807, 2.05) is 24.3 Å². The average molecular weight is 406 g/mol. The van der Waals surface area contributed by atoms with E-state index < -0.39 is 0 Å². The largest absolute Gasteiger partial charge is 0.496 e. The van der Waals surface area contributed by atoms with Gasteiger partial charge in [0.25, 0.3) is 0 Å². The highest BCUT2D eigenvalue weighted by Crippen LogP contribution is 2.34. The van der Waals surface area contributed by atoms with E-state index in [-0.39, 0.29) is 31.1 Å². The lowest BCUT2D eigenvalue weighted by Crippen LogP contribution is -2.48. The maximum atomic E-state index is 12.6. The Labute approximate surface area is 170 Å². The average Bonchev–Trinajstić information content (AvgIpc) is 3.16. The number of methoxy groups -OCH3 is 1. The molecule has 1 atom stereocenters. The third-order valence-corrected chi connectivity index (χ3v) is 4.86. The van der Waals surface area contributed by atoms with Crippen LogP contribution in [0.3, 0.4) is 0 Å². The van der Waals surface area contributed by atoms with Gasteiger partial charge in [0, 0.05) is 37.0 Å². The standard InChI is InChI=1S/C20H23N3O4.ClH/c1-25-17-5-3-2-4-15(17)16-11-21-8-9-23(16)12-20(24)22-14-6-7-18-19(10-14)27-13-26-18;/h2-7,10,16,21H,8-9,11-13H2,1H3,(H,22,24);1H. The number of ether oxygens (including phenoxy) is 3. The first-order chi connectivity index (χ1) is 13.2. The maximum absolute atomic E-state index is 12.6. The number of para-hydroxylation sites is 1. The molecule has 0 aliphatic carbocycles. The molecular formula is C20H24ClN3O4. The Morgan fingerprint density at radius 3 is 2.93 bits per heavy atom. The summed E-state index contributed by atoms with van der Waals surface area (Å²) in [6.07, 6.45) is 0. The fraction of sp³-hybridized carbons (Fsp3) is 0.350. The number of amides is 1. The molecule has 1 amide bonds. The number of fused-ring (bicyclic) bond motifs is 1. The molecule has 2 aromatic carbocycles. The lowest BCUT2D eigenvalue weighted by molar-refractivity contribution is -0.118. The number of anilines is 1. The van der Waals surface area contributed by atoms with Gasteiger partial charge in [0.2, 0.25) is 12.7 Å². The van der Waals surface area contributed by atoms with Gasteiger partial charge in [0.05, 0.1) is 19.7 Å². The number of carbonyl (C=O) groups excluding carboxylic acids is 1. The van der Waals surface area contributed by atoms with Crippen LogP contribution in [0.4, 0.5) is 5.69 Å². The Balaban J connectivity index is 0.00000225. The predicted octanol–water partition coefficient (Wildman–Crippen LogP) is 2.43. The Hall–Kier alpha value is -2.48. The molecule has 0 radical (unpaired) electrons. The smallest absolute Gasteiger partial charge is 0.238 e. The highest BCUT2D eigenvalue weighted by molar-refractivity contribution is 5.92. The number of piperazine rings is 1. The van der Waals surface area contributed by atoms with Crippen LogP contribution in [-0.2, 0) is 4.79 Å². The summed E-state index contributed by atoms with van der Waals surface area (Å²) in [7, 11) is 1.67. The first-order valence-electron chi connectivity index (χ1n) is 9.02. The third kappa shape index (κ3) is 4.32. The molecule has 2 aliphatic rings. The molecule has 2 aliphatic heterocycles. The van der Waals surface area contributed by atoms with Crippen LogP contribution in [0.5, 0.6) is 17.2 Å². The molecule has 0 spiro atoms. The van der Waals surface area contributed by atoms with E-state index in [4.69, 9.17) is 14.2 Å². The fourth-order valence-electron chi connectivity index (χ4n) is 3.54. The van der Waals surface area contributed by atoms with E-state index in [1.54, 1.807) is 19.2 Å². The predicted molar refractivity (Wildman–Crippen MR) is 109 cm³/mol. The number of carbonyl (C=O) groups is 1. The van der Waals surface area contributed by atoms with Gasteiger partial charge >= 0.3 is 0 Å². The van der Waals surface area contributed by atoms with Crippen molar-refractivity contribution in [3.05, 3.63) is 48.0 Å². The van der Waals surface area contributed by atoms with Crippen LogP contribution < -0.4 is 24.8 Å². The number of hydrogen-bond acceptors (Lipinski definition) is 6. The topological polar surface area (TPSA) is 72.1 Å². The number of nitrogens with zero attached hydrogens (tertiary/aromatic N) is 1. The molecule has 2 heterocycles. The number of halogens is 1. The summed E-state index contributed by atoms with van der Waals surface area (Å²) < 4.78 is 16.2. The number of hydrogen-bond donors (Lipinski definition) is 2. The van der Waals surface area contributed by atoms with E-state index in [9.17, 15) is 4.79 Å². The minimum atomic E-state index is -0.0596. The van der Waals surface area contributed by atoms with Gasteiger partial charge in [0.1, 0.15) is 5.75 Å². The molecule has 8 heteroatoms. The second-order valence-corrected chi connectivity index (χ2v) is 6.55. The fourth-order valence-corrected chi connectivity index (χ4v) is 3.54. The van der Waals surface area contributed by atoms with Gasteiger partial charge < -0.3 is 24.8 Å². The van der Waals surface area contributed by atoms with Crippen LogP contribution in [0.25, 0.3) is 0 Å². The maximum Gasteiger partial charge on any atom is 0.238 e. The second-order valence-electron chi connectivity index (χ2n) is 6.55. The van der Waals surface area contributed by atoms with Crippen molar-refractivity contribution in [3.8, 4) is 17.2 Å².